The molecule has 1 saturated heterocycles. The lowest BCUT2D eigenvalue weighted by molar-refractivity contribution is 0.208. The molecular formula is C19H22N6O2. The van der Waals surface area contributed by atoms with Crippen LogP contribution in [-0.2, 0) is 0 Å². The van der Waals surface area contributed by atoms with Gasteiger partial charge in [0.1, 0.15) is 23.5 Å². The first-order chi connectivity index (χ1) is 13.2. The van der Waals surface area contributed by atoms with Crippen molar-refractivity contribution in [1.29, 1.82) is 0 Å². The molecule has 0 atom stereocenters. The molecule has 0 spiro atoms. The van der Waals surface area contributed by atoms with Gasteiger partial charge in [-0.3, -0.25) is 0 Å². The predicted molar refractivity (Wildman–Crippen MR) is 104 cm³/mol. The molecule has 8 heteroatoms. The SMILES string of the molecule is CCOc1ccc(NC(=O)N2CCN(c3ncnc4[nH]ccc34)CC2)cc1. The number of carbonyl (C=O) groups is 1. The summed E-state index contributed by atoms with van der Waals surface area (Å²) >= 11 is 0. The minimum Gasteiger partial charge on any atom is -0.494 e. The van der Waals surface area contributed by atoms with Crippen LogP contribution in [0.25, 0.3) is 11.0 Å². The highest BCUT2D eigenvalue weighted by molar-refractivity contribution is 5.90. The van der Waals surface area contributed by atoms with Gasteiger partial charge in [0.2, 0.25) is 0 Å². The van der Waals surface area contributed by atoms with Crippen molar-refractivity contribution in [2.24, 2.45) is 0 Å². The molecule has 0 aliphatic carbocycles. The van der Waals surface area contributed by atoms with E-state index in [1.807, 2.05) is 48.4 Å². The van der Waals surface area contributed by atoms with Gasteiger partial charge in [-0.15, -0.1) is 0 Å². The number of hydrogen-bond donors (Lipinski definition) is 2. The average molecular weight is 366 g/mol. The molecule has 0 radical (unpaired) electrons. The van der Waals surface area contributed by atoms with Crippen molar-refractivity contribution in [3.05, 3.63) is 42.9 Å². The Kier molecular flexibility index (Phi) is 4.78. The van der Waals surface area contributed by atoms with Crippen molar-refractivity contribution in [2.75, 3.05) is 43.0 Å². The fraction of sp³-hybridized carbons (Fsp3) is 0.316. The van der Waals surface area contributed by atoms with Crippen molar-refractivity contribution in [3.63, 3.8) is 0 Å². The van der Waals surface area contributed by atoms with Crippen LogP contribution in [0.5, 0.6) is 5.75 Å². The lowest BCUT2D eigenvalue weighted by atomic mass is 10.2. The summed E-state index contributed by atoms with van der Waals surface area (Å²) in [6, 6.07) is 9.30. The van der Waals surface area contributed by atoms with Gasteiger partial charge in [0, 0.05) is 38.1 Å². The van der Waals surface area contributed by atoms with Crippen molar-refractivity contribution in [1.82, 2.24) is 19.9 Å². The van der Waals surface area contributed by atoms with E-state index in [0.29, 0.717) is 19.7 Å². The molecular weight excluding hydrogens is 344 g/mol. The van der Waals surface area contributed by atoms with Gasteiger partial charge in [-0.05, 0) is 37.3 Å². The summed E-state index contributed by atoms with van der Waals surface area (Å²) in [7, 11) is 0. The van der Waals surface area contributed by atoms with Crippen molar-refractivity contribution in [3.8, 4) is 5.75 Å². The number of urea groups is 1. The van der Waals surface area contributed by atoms with Crippen LogP contribution in [0.1, 0.15) is 6.92 Å². The number of nitrogens with zero attached hydrogens (tertiary/aromatic N) is 4. The number of ether oxygens (including phenoxy) is 1. The molecule has 8 nitrogen and oxygen atoms in total. The number of nitrogens with one attached hydrogen (secondary N) is 2. The van der Waals surface area contributed by atoms with Crippen LogP contribution < -0.4 is 15.0 Å². The third kappa shape index (κ3) is 3.64. The Morgan fingerprint density at radius 3 is 2.67 bits per heavy atom. The van der Waals surface area contributed by atoms with Gasteiger partial charge < -0.3 is 24.8 Å². The molecule has 2 amide bonds. The number of fused-ring (bicyclic) bond motifs is 1. The predicted octanol–water partition coefficient (Wildman–Crippen LogP) is 2.71. The van der Waals surface area contributed by atoms with E-state index < -0.39 is 0 Å². The van der Waals surface area contributed by atoms with Crippen molar-refractivity contribution < 1.29 is 9.53 Å². The number of rotatable bonds is 4. The summed E-state index contributed by atoms with van der Waals surface area (Å²) in [5.41, 5.74) is 1.59. The third-order valence-electron chi connectivity index (χ3n) is 4.62. The zero-order valence-corrected chi connectivity index (χ0v) is 15.2. The summed E-state index contributed by atoms with van der Waals surface area (Å²) in [6.45, 7) is 5.30. The number of amides is 2. The molecule has 1 aliphatic heterocycles. The summed E-state index contributed by atoms with van der Waals surface area (Å²) in [4.78, 5) is 28.3. The molecule has 1 aliphatic rings. The topological polar surface area (TPSA) is 86.4 Å². The average Bonchev–Trinajstić information content (AvgIpc) is 3.19. The van der Waals surface area contributed by atoms with E-state index in [2.05, 4.69) is 25.2 Å². The fourth-order valence-electron chi connectivity index (χ4n) is 3.24. The summed E-state index contributed by atoms with van der Waals surface area (Å²) < 4.78 is 5.42. The van der Waals surface area contributed by atoms with Crippen LogP contribution >= 0.6 is 0 Å². The third-order valence-corrected chi connectivity index (χ3v) is 4.62. The number of anilines is 2. The highest BCUT2D eigenvalue weighted by Crippen LogP contribution is 2.23. The van der Waals surface area contributed by atoms with E-state index in [9.17, 15) is 4.79 Å². The molecule has 0 saturated carbocycles. The molecule has 3 heterocycles. The van der Waals surface area contributed by atoms with Gasteiger partial charge in [0.05, 0.1) is 12.0 Å². The number of benzene rings is 1. The van der Waals surface area contributed by atoms with Crippen LogP contribution in [0.4, 0.5) is 16.3 Å². The molecule has 1 fully saturated rings. The van der Waals surface area contributed by atoms with Gasteiger partial charge in [0.15, 0.2) is 0 Å². The van der Waals surface area contributed by atoms with E-state index >= 15 is 0 Å². The maximum Gasteiger partial charge on any atom is 0.321 e. The highest BCUT2D eigenvalue weighted by Gasteiger charge is 2.23. The molecule has 2 N–H and O–H groups in total. The minimum absolute atomic E-state index is 0.0895. The Morgan fingerprint density at radius 2 is 1.93 bits per heavy atom. The van der Waals surface area contributed by atoms with Gasteiger partial charge in [-0.25, -0.2) is 14.8 Å². The Bertz CT molecular complexity index is 915. The normalized spacial score (nSPS) is 14.4. The summed E-state index contributed by atoms with van der Waals surface area (Å²) in [6.07, 6.45) is 3.43. The van der Waals surface area contributed by atoms with Gasteiger partial charge in [-0.2, -0.15) is 0 Å². The first-order valence-electron chi connectivity index (χ1n) is 9.06. The van der Waals surface area contributed by atoms with Crippen LogP contribution in [0, 0.1) is 0 Å². The van der Waals surface area contributed by atoms with E-state index in [4.69, 9.17) is 4.74 Å². The summed E-state index contributed by atoms with van der Waals surface area (Å²) in [5, 5.41) is 3.95. The molecule has 3 aromatic rings. The Morgan fingerprint density at radius 1 is 1.15 bits per heavy atom. The number of aromatic nitrogens is 3. The molecule has 4 rings (SSSR count). The quantitative estimate of drug-likeness (QED) is 0.741. The van der Waals surface area contributed by atoms with Crippen molar-refractivity contribution in [2.45, 2.75) is 6.92 Å². The Hall–Kier alpha value is -3.29. The number of carbonyl (C=O) groups excluding carboxylic acids is 1. The Labute approximate surface area is 157 Å². The smallest absolute Gasteiger partial charge is 0.321 e. The molecule has 140 valence electrons. The summed E-state index contributed by atoms with van der Waals surface area (Å²) in [5.74, 6) is 1.71. The largest absolute Gasteiger partial charge is 0.494 e. The lowest BCUT2D eigenvalue weighted by Gasteiger charge is -2.35. The molecule has 0 bridgehead atoms. The highest BCUT2D eigenvalue weighted by atomic mass is 16.5. The molecule has 2 aromatic heterocycles. The maximum absolute atomic E-state index is 12.5. The minimum atomic E-state index is -0.0895. The molecule has 27 heavy (non-hydrogen) atoms. The zero-order chi connectivity index (χ0) is 18.6. The number of hydrogen-bond acceptors (Lipinski definition) is 5. The number of piperazine rings is 1. The van der Waals surface area contributed by atoms with Crippen LogP contribution in [-0.4, -0.2) is 58.7 Å². The second-order valence-corrected chi connectivity index (χ2v) is 6.30. The molecule has 0 unspecified atom stereocenters. The van der Waals surface area contributed by atoms with E-state index in [1.54, 1.807) is 6.33 Å². The van der Waals surface area contributed by atoms with Gasteiger partial charge >= 0.3 is 6.03 Å². The first-order valence-corrected chi connectivity index (χ1v) is 9.06. The van der Waals surface area contributed by atoms with Crippen molar-refractivity contribution >= 4 is 28.6 Å². The monoisotopic (exact) mass is 366 g/mol. The van der Waals surface area contributed by atoms with Gasteiger partial charge in [0.25, 0.3) is 0 Å². The maximum atomic E-state index is 12.5. The number of aromatic amines is 1. The van der Waals surface area contributed by atoms with E-state index in [0.717, 1.165) is 41.4 Å². The Balaban J connectivity index is 1.36. The molecule has 1 aromatic carbocycles. The van der Waals surface area contributed by atoms with E-state index in [-0.39, 0.29) is 6.03 Å². The number of H-pyrrole nitrogens is 1. The fourth-order valence-corrected chi connectivity index (χ4v) is 3.24. The zero-order valence-electron chi connectivity index (χ0n) is 15.2. The van der Waals surface area contributed by atoms with Gasteiger partial charge in [-0.1, -0.05) is 0 Å². The van der Waals surface area contributed by atoms with E-state index in [1.165, 1.54) is 0 Å². The van der Waals surface area contributed by atoms with Crippen LogP contribution in [0.2, 0.25) is 0 Å². The van der Waals surface area contributed by atoms with Crippen LogP contribution in [0.3, 0.4) is 0 Å². The first kappa shape index (κ1) is 17.1. The van der Waals surface area contributed by atoms with Crippen LogP contribution in [0.15, 0.2) is 42.9 Å². The lowest BCUT2D eigenvalue weighted by Crippen LogP contribution is -2.50. The second kappa shape index (κ2) is 7.53. The second-order valence-electron chi connectivity index (χ2n) is 6.30. The standard InChI is InChI=1S/C19H22N6O2/c1-2-27-15-5-3-14(4-6-15)23-19(26)25-11-9-24(10-12-25)18-16-7-8-20-17(16)21-13-22-18/h3-8,13H,2,9-12H2,1H3,(H,23,26)(H,20,21,22).